The van der Waals surface area contributed by atoms with E-state index >= 15 is 0 Å². The van der Waals surface area contributed by atoms with E-state index in [4.69, 9.17) is 16.3 Å². The van der Waals surface area contributed by atoms with Crippen molar-refractivity contribution in [3.63, 3.8) is 0 Å². The highest BCUT2D eigenvalue weighted by Gasteiger charge is 2.12. The Hall–Kier alpha value is -2.88. The number of carbonyl (C=O) groups excluding carboxylic acids is 1. The number of benzene rings is 3. The number of hydrogen-bond acceptors (Lipinski definition) is 3. The summed E-state index contributed by atoms with van der Waals surface area (Å²) in [5.41, 5.74) is 8.66. The van der Waals surface area contributed by atoms with Crippen LogP contribution < -0.4 is 4.74 Å². The number of aldehydes is 1. The average molecular weight is 462 g/mol. The van der Waals surface area contributed by atoms with Gasteiger partial charge in [-0.1, -0.05) is 60.2 Å². The summed E-state index contributed by atoms with van der Waals surface area (Å²) in [7, 11) is 4.18. The Labute approximate surface area is 202 Å². The molecule has 0 bridgehead atoms. The molecule has 0 radical (unpaired) electrons. The van der Waals surface area contributed by atoms with Gasteiger partial charge in [-0.3, -0.25) is 4.79 Å². The van der Waals surface area contributed by atoms with Crippen molar-refractivity contribution >= 4 is 24.0 Å². The van der Waals surface area contributed by atoms with Crippen LogP contribution in [0.25, 0.3) is 17.2 Å². The van der Waals surface area contributed by atoms with Crippen LogP contribution in [0.4, 0.5) is 0 Å². The van der Waals surface area contributed by atoms with Crippen LogP contribution >= 0.6 is 11.6 Å². The topological polar surface area (TPSA) is 29.5 Å². The summed E-state index contributed by atoms with van der Waals surface area (Å²) in [6.45, 7) is 7.64. The van der Waals surface area contributed by atoms with Gasteiger partial charge in [-0.05, 0) is 92.4 Å². The molecule has 0 saturated heterocycles. The van der Waals surface area contributed by atoms with Crippen molar-refractivity contribution in [2.75, 3.05) is 20.6 Å². The summed E-state index contributed by atoms with van der Waals surface area (Å²) >= 11 is 6.33. The Bertz CT molecular complexity index is 1160. The summed E-state index contributed by atoms with van der Waals surface area (Å²) in [4.78, 5) is 13.3. The first-order valence-corrected chi connectivity index (χ1v) is 11.6. The molecule has 0 unspecified atom stereocenters. The quantitative estimate of drug-likeness (QED) is 0.313. The van der Waals surface area contributed by atoms with Gasteiger partial charge in [0.2, 0.25) is 0 Å². The second kappa shape index (κ2) is 11.3. The van der Waals surface area contributed by atoms with E-state index < -0.39 is 0 Å². The van der Waals surface area contributed by atoms with Gasteiger partial charge in [0.05, 0.1) is 5.02 Å². The fraction of sp³-hybridized carbons (Fsp3) is 0.276. The van der Waals surface area contributed by atoms with Gasteiger partial charge >= 0.3 is 0 Å². The van der Waals surface area contributed by atoms with Gasteiger partial charge in [0.1, 0.15) is 18.6 Å². The van der Waals surface area contributed by atoms with Crippen molar-refractivity contribution in [1.82, 2.24) is 4.90 Å². The number of rotatable bonds is 9. The third-order valence-corrected chi connectivity index (χ3v) is 6.28. The van der Waals surface area contributed by atoms with Crippen LogP contribution in [0.3, 0.4) is 0 Å². The van der Waals surface area contributed by atoms with Gasteiger partial charge in [0.15, 0.2) is 0 Å². The van der Waals surface area contributed by atoms with E-state index in [1.54, 1.807) is 6.07 Å². The molecule has 0 spiro atoms. The molecule has 3 rings (SSSR count). The Morgan fingerprint density at radius 2 is 1.64 bits per heavy atom. The molecule has 0 saturated carbocycles. The molecular weight excluding hydrogens is 430 g/mol. The molecule has 0 aromatic heterocycles. The van der Waals surface area contributed by atoms with E-state index in [0.717, 1.165) is 30.4 Å². The van der Waals surface area contributed by atoms with E-state index in [9.17, 15) is 4.79 Å². The summed E-state index contributed by atoms with van der Waals surface area (Å²) in [6, 6.07) is 16.3. The van der Waals surface area contributed by atoms with Crippen molar-refractivity contribution in [2.45, 2.75) is 33.8 Å². The summed E-state index contributed by atoms with van der Waals surface area (Å²) in [6.07, 6.45) is 6.30. The number of nitrogens with zero attached hydrogens (tertiary/aromatic N) is 1. The normalized spacial score (nSPS) is 11.4. The van der Waals surface area contributed by atoms with Gasteiger partial charge in [-0.15, -0.1) is 0 Å². The highest BCUT2D eigenvalue weighted by atomic mass is 35.5. The zero-order valence-corrected chi connectivity index (χ0v) is 20.9. The van der Waals surface area contributed by atoms with Crippen LogP contribution in [0.5, 0.6) is 5.75 Å². The van der Waals surface area contributed by atoms with E-state index in [-0.39, 0.29) is 0 Å². The molecule has 172 valence electrons. The van der Waals surface area contributed by atoms with Gasteiger partial charge in [0.25, 0.3) is 0 Å². The average Bonchev–Trinajstić information content (AvgIpc) is 2.79. The standard InChI is InChI=1S/C29H32ClNO2/c1-20-16-29(28(30)17-25(20)18-32)33-19-24-12-9-14-27(22(24)3)26-13-8-11-23(21(26)2)10-6-7-15-31(4)5/h6,8-14,16-18H,7,15,19H2,1-5H3/b10-6+. The van der Waals surface area contributed by atoms with Gasteiger partial charge in [-0.2, -0.15) is 0 Å². The molecule has 4 heteroatoms. The monoisotopic (exact) mass is 461 g/mol. The summed E-state index contributed by atoms with van der Waals surface area (Å²) in [5, 5.41) is 0.445. The lowest BCUT2D eigenvalue weighted by Gasteiger charge is -2.16. The van der Waals surface area contributed by atoms with Crippen LogP contribution in [0.1, 0.15) is 44.6 Å². The smallest absolute Gasteiger partial charge is 0.150 e. The zero-order valence-electron chi connectivity index (χ0n) is 20.1. The first-order chi connectivity index (χ1) is 15.8. The minimum absolute atomic E-state index is 0.405. The highest BCUT2D eigenvalue weighted by molar-refractivity contribution is 6.32. The molecule has 0 aliphatic heterocycles. The molecule has 0 fully saturated rings. The molecule has 33 heavy (non-hydrogen) atoms. The largest absolute Gasteiger partial charge is 0.487 e. The Morgan fingerprint density at radius 3 is 2.33 bits per heavy atom. The Morgan fingerprint density at radius 1 is 0.939 bits per heavy atom. The SMILES string of the molecule is Cc1cc(OCc2cccc(-c3cccc(/C=C/CCN(C)C)c3C)c2C)c(Cl)cc1C=O. The van der Waals surface area contributed by atoms with E-state index in [1.165, 1.54) is 27.8 Å². The Kier molecular flexibility index (Phi) is 8.49. The maximum atomic E-state index is 11.1. The van der Waals surface area contributed by atoms with E-state index in [2.05, 4.69) is 81.4 Å². The predicted molar refractivity (Wildman–Crippen MR) is 139 cm³/mol. The molecule has 0 heterocycles. The maximum Gasteiger partial charge on any atom is 0.150 e. The first kappa shape index (κ1) is 24.8. The third kappa shape index (κ3) is 6.13. The van der Waals surface area contributed by atoms with Gasteiger partial charge in [-0.25, -0.2) is 0 Å². The van der Waals surface area contributed by atoms with Crippen LogP contribution in [0.15, 0.2) is 54.6 Å². The van der Waals surface area contributed by atoms with Crippen molar-refractivity contribution in [2.24, 2.45) is 0 Å². The lowest BCUT2D eigenvalue weighted by atomic mass is 9.91. The fourth-order valence-electron chi connectivity index (χ4n) is 3.86. The Balaban J connectivity index is 1.84. The molecule has 3 aromatic carbocycles. The van der Waals surface area contributed by atoms with E-state index in [1.807, 2.05) is 13.0 Å². The molecule has 3 aromatic rings. The molecule has 0 amide bonds. The fourth-order valence-corrected chi connectivity index (χ4v) is 4.09. The zero-order chi connectivity index (χ0) is 24.0. The molecular formula is C29H32ClNO2. The lowest BCUT2D eigenvalue weighted by molar-refractivity contribution is 0.112. The van der Waals surface area contributed by atoms with Crippen LogP contribution in [-0.4, -0.2) is 31.8 Å². The van der Waals surface area contributed by atoms with E-state index in [0.29, 0.717) is 22.9 Å². The van der Waals surface area contributed by atoms with Crippen LogP contribution in [0.2, 0.25) is 5.02 Å². The third-order valence-electron chi connectivity index (χ3n) is 5.98. The second-order valence-electron chi connectivity index (χ2n) is 8.65. The highest BCUT2D eigenvalue weighted by Crippen LogP contribution is 2.32. The van der Waals surface area contributed by atoms with Crippen molar-refractivity contribution in [3.8, 4) is 16.9 Å². The van der Waals surface area contributed by atoms with Crippen molar-refractivity contribution in [1.29, 1.82) is 0 Å². The molecule has 0 atom stereocenters. The minimum Gasteiger partial charge on any atom is -0.487 e. The van der Waals surface area contributed by atoms with Crippen molar-refractivity contribution < 1.29 is 9.53 Å². The molecule has 0 aliphatic rings. The maximum absolute atomic E-state index is 11.1. The minimum atomic E-state index is 0.405. The molecule has 0 N–H and O–H groups in total. The number of hydrogen-bond donors (Lipinski definition) is 0. The second-order valence-corrected chi connectivity index (χ2v) is 9.06. The predicted octanol–water partition coefficient (Wildman–Crippen LogP) is 7.29. The molecule has 0 aliphatic carbocycles. The lowest BCUT2D eigenvalue weighted by Crippen LogP contribution is -2.11. The number of aryl methyl sites for hydroxylation is 1. The van der Waals surface area contributed by atoms with Crippen molar-refractivity contribution in [3.05, 3.63) is 93.0 Å². The van der Waals surface area contributed by atoms with Gasteiger partial charge < -0.3 is 9.64 Å². The van der Waals surface area contributed by atoms with Crippen LogP contribution in [0, 0.1) is 20.8 Å². The van der Waals surface area contributed by atoms with Crippen LogP contribution in [-0.2, 0) is 6.61 Å². The summed E-state index contributed by atoms with van der Waals surface area (Å²) in [5.74, 6) is 0.589. The number of carbonyl (C=O) groups is 1. The number of ether oxygens (including phenoxy) is 1. The summed E-state index contributed by atoms with van der Waals surface area (Å²) < 4.78 is 6.05. The number of halogens is 1. The first-order valence-electron chi connectivity index (χ1n) is 11.2. The van der Waals surface area contributed by atoms with Gasteiger partial charge in [0, 0.05) is 12.1 Å². The molecule has 3 nitrogen and oxygen atoms in total.